The zero-order chi connectivity index (χ0) is 43.9. The molecule has 5 rings (SSSR count). The maximum absolute atomic E-state index is 13.9. The van der Waals surface area contributed by atoms with E-state index in [-0.39, 0.29) is 31.7 Å². The lowest BCUT2D eigenvalue weighted by molar-refractivity contribution is -0.917. The van der Waals surface area contributed by atoms with Crippen LogP contribution in [0.1, 0.15) is 51.0 Å². The standard InChI is InChI=1S/C40H59N9O10S2/c1-25-21-48-22-27(59-23-26-19-42-29-8-4-3-7-28(26)29)17-33(48)40(57)47-32(37(41)54)24-61-60-16-10-34(50)45-30(9-5-6-11-49(2)12-14-58-15-13-49)38(55)43-20-35(51)46-31(18-36(52)53)39(56)44-25/h3-4,7-8,19,25,27,30-33,42H,5-6,9-18,20-24H2,1-2H3,(H7-,41,43,44,45,46,47,50,51,52,53,54,55,56,57)/p+1. The molecule has 3 aliphatic heterocycles. The second-order valence-electron chi connectivity index (χ2n) is 16.2. The first kappa shape index (κ1) is 47.6. The number of unbranched alkanes of at least 4 members (excludes halogenated alkanes) is 1. The van der Waals surface area contributed by atoms with Crippen molar-refractivity contribution in [1.29, 1.82) is 0 Å². The number of rotatable bonds is 11. The van der Waals surface area contributed by atoms with E-state index in [0.717, 1.165) is 47.0 Å². The number of quaternary nitrogens is 1. The summed E-state index contributed by atoms with van der Waals surface area (Å²) in [5, 5.41) is 23.9. The number of aliphatic carboxylic acids is 1. The molecule has 21 heteroatoms. The molecule has 0 spiro atoms. The van der Waals surface area contributed by atoms with Gasteiger partial charge in [-0.15, -0.1) is 0 Å². The number of carbonyl (C=O) groups is 7. The van der Waals surface area contributed by atoms with Crippen LogP contribution in [0.2, 0.25) is 0 Å². The Morgan fingerprint density at radius 1 is 0.951 bits per heavy atom. The maximum atomic E-state index is 13.9. The Kier molecular flexibility index (Phi) is 18.1. The van der Waals surface area contributed by atoms with Crippen molar-refractivity contribution in [3.63, 3.8) is 0 Å². The molecule has 9 N–H and O–H groups in total. The second kappa shape index (κ2) is 23.2. The predicted octanol–water partition coefficient (Wildman–Crippen LogP) is -0.405. The number of carbonyl (C=O) groups excluding carboxylic acids is 6. The summed E-state index contributed by atoms with van der Waals surface area (Å²) in [5.74, 6) is -4.60. The van der Waals surface area contributed by atoms with Crippen LogP contribution < -0.4 is 32.3 Å². The number of hydrogen-bond acceptors (Lipinski definition) is 12. The molecular weight excluding hydrogens is 831 g/mol. The van der Waals surface area contributed by atoms with Gasteiger partial charge in [-0.05, 0) is 38.7 Å². The SMILES string of the molecule is CC1CN2CC(OCc3c[nH]c4ccccc34)CC2C(=O)NC(C(N)=O)CSSCCC(=O)NC(CCCC[N+]2(C)CCOCC2)C(=O)NCC(=O)NC(CC(=O)O)C(=O)N1. The van der Waals surface area contributed by atoms with Crippen LogP contribution in [0.4, 0.5) is 0 Å². The fraction of sp³-hybridized carbons (Fsp3) is 0.625. The number of fused-ring (bicyclic) bond motifs is 2. The zero-order valence-electron chi connectivity index (χ0n) is 34.8. The van der Waals surface area contributed by atoms with Crippen LogP contribution in [0.15, 0.2) is 30.5 Å². The van der Waals surface area contributed by atoms with E-state index in [1.165, 1.54) is 21.6 Å². The summed E-state index contributed by atoms with van der Waals surface area (Å²) >= 11 is 0. The van der Waals surface area contributed by atoms with E-state index in [0.29, 0.717) is 38.4 Å². The average molecular weight is 891 g/mol. The van der Waals surface area contributed by atoms with E-state index in [9.17, 15) is 38.7 Å². The molecule has 4 heterocycles. The highest BCUT2D eigenvalue weighted by Crippen LogP contribution is 2.26. The smallest absolute Gasteiger partial charge is 0.305 e. The molecule has 6 unspecified atom stereocenters. The molecule has 6 amide bonds. The molecule has 1 aromatic heterocycles. The van der Waals surface area contributed by atoms with Crippen LogP contribution in [0.3, 0.4) is 0 Å². The zero-order valence-corrected chi connectivity index (χ0v) is 36.4. The van der Waals surface area contributed by atoms with Crippen molar-refractivity contribution in [3.05, 3.63) is 36.0 Å². The third-order valence-electron chi connectivity index (χ3n) is 11.2. The molecule has 6 atom stereocenters. The van der Waals surface area contributed by atoms with Gasteiger partial charge in [0.25, 0.3) is 0 Å². The number of primary amides is 1. The van der Waals surface area contributed by atoms with Gasteiger partial charge in [-0.2, -0.15) is 0 Å². The maximum Gasteiger partial charge on any atom is 0.305 e. The summed E-state index contributed by atoms with van der Waals surface area (Å²) < 4.78 is 12.7. The van der Waals surface area contributed by atoms with E-state index >= 15 is 0 Å². The van der Waals surface area contributed by atoms with Gasteiger partial charge in [-0.25, -0.2) is 0 Å². The van der Waals surface area contributed by atoms with Gasteiger partial charge >= 0.3 is 5.97 Å². The highest BCUT2D eigenvalue weighted by atomic mass is 33.1. The number of aromatic amines is 1. The Labute approximate surface area is 363 Å². The summed E-state index contributed by atoms with van der Waals surface area (Å²) in [4.78, 5) is 96.3. The number of morpholine rings is 1. The summed E-state index contributed by atoms with van der Waals surface area (Å²) in [5.41, 5.74) is 7.64. The Morgan fingerprint density at radius 2 is 1.70 bits per heavy atom. The number of H-pyrrole nitrogens is 1. The number of hydrogen-bond donors (Lipinski definition) is 8. The number of para-hydroxylation sites is 1. The first-order valence-corrected chi connectivity index (χ1v) is 23.2. The number of carboxylic acids is 1. The van der Waals surface area contributed by atoms with Crippen LogP contribution >= 0.6 is 21.6 Å². The summed E-state index contributed by atoms with van der Waals surface area (Å²) in [6.45, 7) is 5.87. The number of nitrogens with one attached hydrogen (secondary N) is 6. The molecular formula is C40H60N9O10S2+. The quantitative estimate of drug-likeness (QED) is 0.0813. The van der Waals surface area contributed by atoms with E-state index in [2.05, 4.69) is 38.6 Å². The lowest BCUT2D eigenvalue weighted by atomic mass is 10.1. The van der Waals surface area contributed by atoms with Crippen LogP contribution in [0.25, 0.3) is 10.9 Å². The first-order valence-electron chi connectivity index (χ1n) is 20.7. The minimum absolute atomic E-state index is 0.0472. The predicted molar refractivity (Wildman–Crippen MR) is 230 cm³/mol. The molecule has 0 radical (unpaired) electrons. The number of likely N-dealkylation sites (N-methyl/N-ethyl adjacent to an activating group) is 1. The number of nitrogens with two attached hydrogens (primary N) is 1. The number of nitrogens with zero attached hydrogens (tertiary/aromatic N) is 2. The van der Waals surface area contributed by atoms with Crippen molar-refractivity contribution in [3.8, 4) is 0 Å². The van der Waals surface area contributed by atoms with Gasteiger partial charge < -0.3 is 56.4 Å². The summed E-state index contributed by atoms with van der Waals surface area (Å²) in [6.07, 6.45) is 2.80. The highest BCUT2D eigenvalue weighted by molar-refractivity contribution is 8.76. The molecule has 19 nitrogen and oxygen atoms in total. The lowest BCUT2D eigenvalue weighted by Gasteiger charge is -2.37. The number of carboxylic acid groups (broad SMARTS) is 1. The largest absolute Gasteiger partial charge is 0.481 e. The molecule has 0 saturated carbocycles. The normalized spacial score (nSPS) is 26.9. The van der Waals surface area contributed by atoms with Gasteiger partial charge in [-0.1, -0.05) is 39.8 Å². The topological polar surface area (TPSA) is 263 Å². The van der Waals surface area contributed by atoms with Crippen molar-refractivity contribution in [1.82, 2.24) is 36.5 Å². The van der Waals surface area contributed by atoms with Crippen LogP contribution in [-0.4, -0.2) is 168 Å². The van der Waals surface area contributed by atoms with Crippen LogP contribution in [0, 0.1) is 0 Å². The van der Waals surface area contributed by atoms with Gasteiger partial charge in [0.05, 0.1) is 58.5 Å². The van der Waals surface area contributed by atoms with Crippen LogP contribution in [-0.2, 0) is 49.6 Å². The Balaban J connectivity index is 1.27. The molecule has 3 aliphatic rings. The number of amides is 6. The summed E-state index contributed by atoms with van der Waals surface area (Å²) in [7, 11) is 4.76. The van der Waals surface area contributed by atoms with E-state index in [1.807, 2.05) is 35.4 Å². The summed E-state index contributed by atoms with van der Waals surface area (Å²) in [6, 6.07) is 2.94. The van der Waals surface area contributed by atoms with E-state index in [4.69, 9.17) is 15.2 Å². The third-order valence-corrected chi connectivity index (χ3v) is 13.6. The molecule has 3 fully saturated rings. The monoisotopic (exact) mass is 890 g/mol. The van der Waals surface area contributed by atoms with Gasteiger partial charge in [0.2, 0.25) is 35.4 Å². The molecule has 1 aromatic carbocycles. The van der Waals surface area contributed by atoms with Gasteiger partial charge in [0.1, 0.15) is 31.2 Å². The second-order valence-corrected chi connectivity index (χ2v) is 18.8. The minimum Gasteiger partial charge on any atom is -0.481 e. The molecule has 0 aliphatic carbocycles. The van der Waals surface area contributed by atoms with Gasteiger partial charge in [-0.3, -0.25) is 38.5 Å². The highest BCUT2D eigenvalue weighted by Gasteiger charge is 2.40. The number of aromatic nitrogens is 1. The molecule has 336 valence electrons. The number of ether oxygens (including phenoxy) is 2. The fourth-order valence-electron chi connectivity index (χ4n) is 7.73. The van der Waals surface area contributed by atoms with Crippen molar-refractivity contribution in [2.75, 3.05) is 71.0 Å². The molecule has 2 aromatic rings. The Morgan fingerprint density at radius 3 is 2.46 bits per heavy atom. The molecule has 0 bridgehead atoms. The third kappa shape index (κ3) is 14.9. The average Bonchev–Trinajstić information content (AvgIpc) is 3.82. The number of benzene rings is 1. The van der Waals surface area contributed by atoms with Crippen molar-refractivity contribution >= 4 is 73.9 Å². The van der Waals surface area contributed by atoms with Crippen molar-refractivity contribution in [2.24, 2.45) is 5.73 Å². The van der Waals surface area contributed by atoms with Gasteiger partial charge in [0, 0.05) is 59.7 Å². The minimum atomic E-state index is -1.48. The Bertz CT molecular complexity index is 1860. The Hall–Kier alpha value is -4.41. The molecule has 61 heavy (non-hydrogen) atoms. The van der Waals surface area contributed by atoms with Crippen LogP contribution in [0.5, 0.6) is 0 Å². The van der Waals surface area contributed by atoms with E-state index < -0.39 is 90.7 Å². The van der Waals surface area contributed by atoms with Crippen molar-refractivity contribution in [2.45, 2.75) is 88.4 Å². The van der Waals surface area contributed by atoms with E-state index in [1.54, 1.807) is 6.92 Å². The van der Waals surface area contributed by atoms with Gasteiger partial charge in [0.15, 0.2) is 0 Å². The fourth-order valence-corrected chi connectivity index (χ4v) is 9.90. The van der Waals surface area contributed by atoms with Crippen molar-refractivity contribution < 1.29 is 52.6 Å². The molecule has 3 saturated heterocycles. The lowest BCUT2D eigenvalue weighted by Crippen LogP contribution is -2.56. The first-order chi connectivity index (χ1) is 29.2.